The van der Waals surface area contributed by atoms with Crippen molar-refractivity contribution in [3.63, 3.8) is 0 Å². The molecule has 3 aromatic rings. The Morgan fingerprint density at radius 1 is 1.22 bits per heavy atom. The quantitative estimate of drug-likeness (QED) is 0.550. The van der Waals surface area contributed by atoms with E-state index >= 15 is 0 Å². The zero-order chi connectivity index (χ0) is 19.6. The summed E-state index contributed by atoms with van der Waals surface area (Å²) in [5, 5.41) is 3.73. The molecular formula is C18H14Cl2N2O4S. The molecule has 1 aromatic carbocycles. The molecule has 0 radical (unpaired) electrons. The first-order valence-corrected chi connectivity index (χ1v) is 9.47. The molecule has 140 valence electrons. The number of aryl methyl sites for hydroxylation is 1. The molecule has 27 heavy (non-hydrogen) atoms. The SMILES string of the molecule is CCOC(=O)c1sc(NC(=O)c2ccc(-c3ccc(Cl)c(Cl)c3)o2)nc1C. The molecule has 0 bridgehead atoms. The Bertz CT molecular complexity index is 1010. The second kappa shape index (κ2) is 8.12. The predicted molar refractivity (Wildman–Crippen MR) is 105 cm³/mol. The molecule has 6 nitrogen and oxygen atoms in total. The summed E-state index contributed by atoms with van der Waals surface area (Å²) in [6, 6.07) is 8.24. The topological polar surface area (TPSA) is 81.4 Å². The summed E-state index contributed by atoms with van der Waals surface area (Å²) < 4.78 is 10.6. The van der Waals surface area contributed by atoms with E-state index in [-0.39, 0.29) is 17.5 Å². The highest BCUT2D eigenvalue weighted by Gasteiger charge is 2.19. The van der Waals surface area contributed by atoms with Gasteiger partial charge in [-0.25, -0.2) is 9.78 Å². The van der Waals surface area contributed by atoms with Crippen LogP contribution < -0.4 is 5.32 Å². The van der Waals surface area contributed by atoms with E-state index in [0.29, 0.717) is 31.9 Å². The standard InChI is InChI=1S/C18H14Cl2N2O4S/c1-3-25-17(24)15-9(2)21-18(27-15)22-16(23)14-7-6-13(26-14)10-4-5-11(19)12(20)8-10/h4-8H,3H2,1-2H3,(H,21,22,23). The monoisotopic (exact) mass is 424 g/mol. The first kappa shape index (κ1) is 19.4. The van der Waals surface area contributed by atoms with Gasteiger partial charge in [0.15, 0.2) is 10.9 Å². The van der Waals surface area contributed by atoms with Gasteiger partial charge in [0.2, 0.25) is 0 Å². The van der Waals surface area contributed by atoms with E-state index in [4.69, 9.17) is 32.4 Å². The summed E-state index contributed by atoms with van der Waals surface area (Å²) >= 11 is 13.0. The summed E-state index contributed by atoms with van der Waals surface area (Å²) in [6.45, 7) is 3.66. The Hall–Kier alpha value is -2.35. The van der Waals surface area contributed by atoms with Crippen molar-refractivity contribution in [1.82, 2.24) is 4.98 Å². The fourth-order valence-corrected chi connectivity index (χ4v) is 3.41. The van der Waals surface area contributed by atoms with E-state index in [2.05, 4.69) is 10.3 Å². The smallest absolute Gasteiger partial charge is 0.350 e. The van der Waals surface area contributed by atoms with Crippen LogP contribution in [0.25, 0.3) is 11.3 Å². The average molecular weight is 425 g/mol. The number of furan rings is 1. The number of amides is 1. The number of halogens is 2. The molecule has 0 spiro atoms. The normalized spacial score (nSPS) is 10.7. The van der Waals surface area contributed by atoms with Gasteiger partial charge in [-0.3, -0.25) is 10.1 Å². The molecule has 0 aliphatic rings. The van der Waals surface area contributed by atoms with Crippen LogP contribution >= 0.6 is 34.5 Å². The second-order valence-corrected chi connectivity index (χ2v) is 7.21. The maximum absolute atomic E-state index is 12.4. The first-order valence-electron chi connectivity index (χ1n) is 7.90. The van der Waals surface area contributed by atoms with Crippen LogP contribution in [-0.4, -0.2) is 23.5 Å². The minimum atomic E-state index is -0.481. The number of rotatable bonds is 5. The number of anilines is 1. The summed E-state index contributed by atoms with van der Waals surface area (Å²) in [5.41, 5.74) is 1.18. The summed E-state index contributed by atoms with van der Waals surface area (Å²) in [6.07, 6.45) is 0. The number of esters is 1. The lowest BCUT2D eigenvalue weighted by atomic mass is 10.2. The molecule has 0 saturated heterocycles. The van der Waals surface area contributed by atoms with Gasteiger partial charge in [-0.15, -0.1) is 0 Å². The van der Waals surface area contributed by atoms with Crippen LogP contribution in [0.2, 0.25) is 10.0 Å². The van der Waals surface area contributed by atoms with Gasteiger partial charge in [-0.1, -0.05) is 34.5 Å². The van der Waals surface area contributed by atoms with E-state index < -0.39 is 11.9 Å². The Labute approximate surface area is 169 Å². The number of carbonyl (C=O) groups excluding carboxylic acids is 2. The molecule has 3 rings (SSSR count). The number of hydrogen-bond acceptors (Lipinski definition) is 6. The van der Waals surface area contributed by atoms with Gasteiger partial charge < -0.3 is 9.15 Å². The zero-order valence-electron chi connectivity index (χ0n) is 14.3. The van der Waals surface area contributed by atoms with Crippen LogP contribution in [0.4, 0.5) is 5.13 Å². The molecule has 0 fully saturated rings. The predicted octanol–water partition coefficient (Wildman–Crippen LogP) is 5.45. The molecular weight excluding hydrogens is 411 g/mol. The fraction of sp³-hybridized carbons (Fsp3) is 0.167. The fourth-order valence-electron chi connectivity index (χ4n) is 2.26. The number of hydrogen-bond donors (Lipinski definition) is 1. The van der Waals surface area contributed by atoms with Gasteiger partial charge in [0.05, 0.1) is 22.3 Å². The third-order valence-electron chi connectivity index (χ3n) is 3.51. The summed E-state index contributed by atoms with van der Waals surface area (Å²) in [7, 11) is 0. The lowest BCUT2D eigenvalue weighted by Gasteiger charge is -2.01. The molecule has 9 heteroatoms. The van der Waals surface area contributed by atoms with Crippen LogP contribution in [0, 0.1) is 6.92 Å². The summed E-state index contributed by atoms with van der Waals surface area (Å²) in [5.74, 6) is -0.374. The Balaban J connectivity index is 1.76. The van der Waals surface area contributed by atoms with Gasteiger partial charge in [-0.2, -0.15) is 0 Å². The van der Waals surface area contributed by atoms with E-state index in [1.165, 1.54) is 0 Å². The highest BCUT2D eigenvalue weighted by molar-refractivity contribution is 7.17. The zero-order valence-corrected chi connectivity index (χ0v) is 16.7. The average Bonchev–Trinajstić information content (AvgIpc) is 3.24. The van der Waals surface area contributed by atoms with Gasteiger partial charge in [0.1, 0.15) is 10.6 Å². The van der Waals surface area contributed by atoms with E-state index in [1.807, 2.05) is 0 Å². The number of nitrogens with one attached hydrogen (secondary N) is 1. The van der Waals surface area contributed by atoms with Crippen LogP contribution in [0.5, 0.6) is 0 Å². The number of benzene rings is 1. The number of nitrogens with zero attached hydrogens (tertiary/aromatic N) is 1. The van der Waals surface area contributed by atoms with E-state index in [9.17, 15) is 9.59 Å². The van der Waals surface area contributed by atoms with E-state index in [0.717, 1.165) is 11.3 Å². The third kappa shape index (κ3) is 4.32. The largest absolute Gasteiger partial charge is 0.462 e. The molecule has 1 N–H and O–H groups in total. The molecule has 2 heterocycles. The van der Waals surface area contributed by atoms with Crippen LogP contribution in [-0.2, 0) is 4.74 Å². The molecule has 0 aliphatic carbocycles. The number of thiazole rings is 1. The Kier molecular flexibility index (Phi) is 5.84. The third-order valence-corrected chi connectivity index (χ3v) is 5.30. The molecule has 0 saturated carbocycles. The first-order chi connectivity index (χ1) is 12.9. The number of aromatic nitrogens is 1. The van der Waals surface area contributed by atoms with Crippen molar-refractivity contribution >= 4 is 51.5 Å². The lowest BCUT2D eigenvalue weighted by molar-refractivity contribution is 0.0531. The molecule has 2 aromatic heterocycles. The molecule has 1 amide bonds. The minimum absolute atomic E-state index is 0.0987. The van der Waals surface area contributed by atoms with Crippen molar-refractivity contribution in [2.75, 3.05) is 11.9 Å². The van der Waals surface area contributed by atoms with Crippen molar-refractivity contribution in [2.45, 2.75) is 13.8 Å². The number of carbonyl (C=O) groups is 2. The minimum Gasteiger partial charge on any atom is -0.462 e. The van der Waals surface area contributed by atoms with Gasteiger partial charge in [0.25, 0.3) is 5.91 Å². The molecule has 0 atom stereocenters. The van der Waals surface area contributed by atoms with Gasteiger partial charge in [-0.05, 0) is 44.2 Å². The van der Waals surface area contributed by atoms with Crippen LogP contribution in [0.15, 0.2) is 34.7 Å². The van der Waals surface area contributed by atoms with Crippen molar-refractivity contribution in [3.05, 3.63) is 56.7 Å². The summed E-state index contributed by atoms with van der Waals surface area (Å²) in [4.78, 5) is 28.8. The van der Waals surface area contributed by atoms with Gasteiger partial charge in [0, 0.05) is 5.56 Å². The molecule has 0 aliphatic heterocycles. The van der Waals surface area contributed by atoms with Crippen molar-refractivity contribution in [1.29, 1.82) is 0 Å². The maximum Gasteiger partial charge on any atom is 0.350 e. The van der Waals surface area contributed by atoms with Crippen LogP contribution in [0.1, 0.15) is 32.8 Å². The van der Waals surface area contributed by atoms with E-state index in [1.54, 1.807) is 44.2 Å². The van der Waals surface area contributed by atoms with Crippen molar-refractivity contribution in [2.24, 2.45) is 0 Å². The maximum atomic E-state index is 12.4. The highest BCUT2D eigenvalue weighted by atomic mass is 35.5. The van der Waals surface area contributed by atoms with Crippen molar-refractivity contribution < 1.29 is 18.7 Å². The second-order valence-electron chi connectivity index (χ2n) is 5.40. The molecule has 0 unspecified atom stereocenters. The van der Waals surface area contributed by atoms with Gasteiger partial charge >= 0.3 is 5.97 Å². The van der Waals surface area contributed by atoms with Crippen LogP contribution in [0.3, 0.4) is 0 Å². The number of ether oxygens (including phenoxy) is 1. The van der Waals surface area contributed by atoms with Crippen molar-refractivity contribution in [3.8, 4) is 11.3 Å². The Morgan fingerprint density at radius 3 is 2.70 bits per heavy atom. The highest BCUT2D eigenvalue weighted by Crippen LogP contribution is 2.30. The Morgan fingerprint density at radius 2 is 2.00 bits per heavy atom. The lowest BCUT2D eigenvalue weighted by Crippen LogP contribution is -2.10.